The van der Waals surface area contributed by atoms with Crippen LogP contribution in [0, 0.1) is 5.82 Å². The van der Waals surface area contributed by atoms with Crippen LogP contribution in [0.3, 0.4) is 0 Å². The molecule has 0 bridgehead atoms. The second-order valence-corrected chi connectivity index (χ2v) is 4.60. The maximum atomic E-state index is 13.1. The summed E-state index contributed by atoms with van der Waals surface area (Å²) in [6, 6.07) is 4.82. The van der Waals surface area contributed by atoms with Crippen LogP contribution in [0.5, 0.6) is 0 Å². The lowest BCUT2D eigenvalue weighted by molar-refractivity contribution is 0.534. The normalized spacial score (nSPS) is 12.4. The van der Waals surface area contributed by atoms with Gasteiger partial charge in [-0.3, -0.25) is 9.97 Å². The Bertz CT molecular complexity index is 533. The van der Waals surface area contributed by atoms with Gasteiger partial charge in [0.05, 0.1) is 16.8 Å². The number of hydrogen-bond donors (Lipinski definition) is 1. The van der Waals surface area contributed by atoms with E-state index in [0.29, 0.717) is 6.42 Å². The molecule has 0 aliphatic rings. The molecule has 3 nitrogen and oxygen atoms in total. The molecule has 0 saturated heterocycles. The van der Waals surface area contributed by atoms with Crippen LogP contribution in [0.1, 0.15) is 24.2 Å². The first kappa shape index (κ1) is 13.9. The van der Waals surface area contributed by atoms with Gasteiger partial charge >= 0.3 is 0 Å². The molecule has 1 heterocycles. The number of likely N-dealkylation sites (N-methyl/N-ethyl adjacent to an activating group) is 1. The maximum Gasteiger partial charge on any atom is 0.141 e. The number of benzene rings is 1. The van der Waals surface area contributed by atoms with Gasteiger partial charge in [-0.25, -0.2) is 4.39 Å². The van der Waals surface area contributed by atoms with Gasteiger partial charge in [-0.05, 0) is 30.7 Å². The van der Waals surface area contributed by atoms with E-state index < -0.39 is 5.82 Å². The monoisotopic (exact) mass is 279 g/mol. The van der Waals surface area contributed by atoms with Gasteiger partial charge in [0, 0.05) is 18.6 Å². The summed E-state index contributed by atoms with van der Waals surface area (Å²) in [5, 5.41) is 3.49. The number of aromatic nitrogens is 2. The third-order valence-electron chi connectivity index (χ3n) is 2.81. The molecule has 1 N–H and O–H groups in total. The van der Waals surface area contributed by atoms with Crippen LogP contribution in [-0.4, -0.2) is 16.5 Å². The Morgan fingerprint density at radius 2 is 2.21 bits per heavy atom. The third kappa shape index (κ3) is 3.72. The number of nitrogens with zero attached hydrogens (tertiary/aromatic N) is 2. The van der Waals surface area contributed by atoms with Gasteiger partial charge in [-0.2, -0.15) is 0 Å². The van der Waals surface area contributed by atoms with Crippen LogP contribution in [-0.2, 0) is 6.42 Å². The summed E-state index contributed by atoms with van der Waals surface area (Å²) in [4.78, 5) is 8.37. The molecule has 2 aromatic rings. The average molecular weight is 280 g/mol. The van der Waals surface area contributed by atoms with Crippen LogP contribution in [0.25, 0.3) is 0 Å². The molecule has 0 spiro atoms. The van der Waals surface area contributed by atoms with Crippen molar-refractivity contribution in [1.29, 1.82) is 0 Å². The summed E-state index contributed by atoms with van der Waals surface area (Å²) in [7, 11) is 0. The topological polar surface area (TPSA) is 37.8 Å². The molecule has 2 rings (SSSR count). The van der Waals surface area contributed by atoms with E-state index in [2.05, 4.69) is 15.3 Å². The first-order valence-corrected chi connectivity index (χ1v) is 6.51. The largest absolute Gasteiger partial charge is 0.309 e. The Hall–Kier alpha value is -1.52. The second-order valence-electron chi connectivity index (χ2n) is 4.19. The highest BCUT2D eigenvalue weighted by Crippen LogP contribution is 2.21. The highest BCUT2D eigenvalue weighted by atomic mass is 35.5. The zero-order valence-corrected chi connectivity index (χ0v) is 11.4. The molecule has 1 aromatic heterocycles. The minimum Gasteiger partial charge on any atom is -0.309 e. The molecule has 0 aliphatic carbocycles. The average Bonchev–Trinajstić information content (AvgIpc) is 2.43. The van der Waals surface area contributed by atoms with Crippen molar-refractivity contribution in [2.75, 3.05) is 6.54 Å². The van der Waals surface area contributed by atoms with E-state index in [1.165, 1.54) is 6.07 Å². The molecular formula is C14H15ClFN3. The van der Waals surface area contributed by atoms with Crippen LogP contribution in [0.4, 0.5) is 4.39 Å². The van der Waals surface area contributed by atoms with Crippen molar-refractivity contribution in [3.63, 3.8) is 0 Å². The number of halogens is 2. The first-order valence-electron chi connectivity index (χ1n) is 6.14. The zero-order chi connectivity index (χ0) is 13.7. The summed E-state index contributed by atoms with van der Waals surface area (Å²) in [5.74, 6) is -0.398. The van der Waals surface area contributed by atoms with Crippen LogP contribution < -0.4 is 5.32 Å². The predicted molar refractivity (Wildman–Crippen MR) is 73.6 cm³/mol. The summed E-state index contributed by atoms with van der Waals surface area (Å²) >= 11 is 5.80. The zero-order valence-electron chi connectivity index (χ0n) is 10.6. The Kier molecular flexibility index (Phi) is 4.82. The lowest BCUT2D eigenvalue weighted by atomic mass is 10.0. The Morgan fingerprint density at radius 1 is 1.37 bits per heavy atom. The smallest absolute Gasteiger partial charge is 0.141 e. The van der Waals surface area contributed by atoms with Crippen molar-refractivity contribution in [1.82, 2.24) is 15.3 Å². The van der Waals surface area contributed by atoms with Crippen LogP contribution >= 0.6 is 11.6 Å². The molecule has 0 radical (unpaired) electrons. The highest BCUT2D eigenvalue weighted by molar-refractivity contribution is 6.30. The number of hydrogen-bond acceptors (Lipinski definition) is 3. The minimum absolute atomic E-state index is 0.0419. The van der Waals surface area contributed by atoms with Gasteiger partial charge in [-0.1, -0.05) is 24.6 Å². The Labute approximate surface area is 116 Å². The van der Waals surface area contributed by atoms with Crippen LogP contribution in [0.2, 0.25) is 5.02 Å². The Morgan fingerprint density at radius 3 is 2.84 bits per heavy atom. The fraction of sp³-hybridized carbons (Fsp3) is 0.286. The van der Waals surface area contributed by atoms with Gasteiger partial charge in [0.1, 0.15) is 5.82 Å². The van der Waals surface area contributed by atoms with E-state index in [0.717, 1.165) is 17.8 Å². The lowest BCUT2D eigenvalue weighted by Crippen LogP contribution is -2.24. The van der Waals surface area contributed by atoms with E-state index >= 15 is 0 Å². The maximum absolute atomic E-state index is 13.1. The molecule has 5 heteroatoms. The molecule has 1 atom stereocenters. The molecule has 0 saturated carbocycles. The molecule has 0 amide bonds. The molecule has 1 aromatic carbocycles. The predicted octanol–water partition coefficient (Wildman–Crippen LogP) is 3.16. The van der Waals surface area contributed by atoms with E-state index in [4.69, 9.17) is 11.6 Å². The summed E-state index contributed by atoms with van der Waals surface area (Å²) in [6.45, 7) is 2.84. The second kappa shape index (κ2) is 6.59. The van der Waals surface area contributed by atoms with Crippen molar-refractivity contribution in [2.45, 2.75) is 19.4 Å². The molecule has 1 unspecified atom stereocenters. The van der Waals surface area contributed by atoms with Crippen molar-refractivity contribution in [2.24, 2.45) is 0 Å². The summed E-state index contributed by atoms with van der Waals surface area (Å²) in [6.07, 6.45) is 5.73. The van der Waals surface area contributed by atoms with Gasteiger partial charge in [0.2, 0.25) is 0 Å². The van der Waals surface area contributed by atoms with Gasteiger partial charge in [0.15, 0.2) is 0 Å². The van der Waals surface area contributed by atoms with E-state index in [-0.39, 0.29) is 11.1 Å². The molecule has 0 fully saturated rings. The molecule has 100 valence electrons. The Balaban J connectivity index is 2.19. The van der Waals surface area contributed by atoms with Gasteiger partial charge in [0.25, 0.3) is 0 Å². The molecule has 19 heavy (non-hydrogen) atoms. The summed E-state index contributed by atoms with van der Waals surface area (Å²) in [5.41, 5.74) is 1.83. The summed E-state index contributed by atoms with van der Waals surface area (Å²) < 4.78 is 13.1. The fourth-order valence-corrected chi connectivity index (χ4v) is 2.12. The molecule has 0 aliphatic heterocycles. The van der Waals surface area contributed by atoms with Crippen molar-refractivity contribution >= 4 is 11.6 Å². The van der Waals surface area contributed by atoms with Gasteiger partial charge < -0.3 is 5.32 Å². The van der Waals surface area contributed by atoms with Crippen molar-refractivity contribution in [3.8, 4) is 0 Å². The third-order valence-corrected chi connectivity index (χ3v) is 3.10. The quantitative estimate of drug-likeness (QED) is 0.914. The first-order chi connectivity index (χ1) is 9.20. The number of rotatable bonds is 5. The van der Waals surface area contributed by atoms with E-state index in [9.17, 15) is 4.39 Å². The van der Waals surface area contributed by atoms with E-state index in [1.54, 1.807) is 30.7 Å². The van der Waals surface area contributed by atoms with Crippen molar-refractivity contribution in [3.05, 3.63) is 58.9 Å². The lowest BCUT2D eigenvalue weighted by Gasteiger charge is -2.17. The standard InChI is InChI=1S/C14H15ClFN3/c1-2-18-13(14-9-17-5-6-19-14)8-10-3-4-12(16)11(15)7-10/h3-7,9,13,18H,2,8H2,1H3. The fourth-order valence-electron chi connectivity index (χ4n) is 1.92. The minimum atomic E-state index is -0.398. The van der Waals surface area contributed by atoms with Crippen LogP contribution in [0.15, 0.2) is 36.8 Å². The van der Waals surface area contributed by atoms with Crippen molar-refractivity contribution < 1.29 is 4.39 Å². The van der Waals surface area contributed by atoms with E-state index in [1.807, 2.05) is 6.92 Å². The van der Waals surface area contributed by atoms with Gasteiger partial charge in [-0.15, -0.1) is 0 Å². The SMILES string of the molecule is CCNC(Cc1ccc(F)c(Cl)c1)c1cnccn1. The highest BCUT2D eigenvalue weighted by Gasteiger charge is 2.13. The molecular weight excluding hydrogens is 265 g/mol. The number of nitrogens with one attached hydrogen (secondary N) is 1.